The van der Waals surface area contributed by atoms with Crippen LogP contribution in [-0.4, -0.2) is 24.5 Å². The van der Waals surface area contributed by atoms with Crippen LogP contribution in [0.25, 0.3) is 0 Å². The molecular weight excluding hydrogens is 276 g/mol. The molecular formula is C14H26N2O3S. The first-order valence-corrected chi connectivity index (χ1v) is 8.98. The highest BCUT2D eigenvalue weighted by molar-refractivity contribution is 8.25. The molecule has 0 radical (unpaired) electrons. The van der Waals surface area contributed by atoms with Gasteiger partial charge >= 0.3 is 0 Å². The topological polar surface area (TPSA) is 79.4 Å². The lowest BCUT2D eigenvalue weighted by molar-refractivity contribution is 0.322. The fourth-order valence-corrected chi connectivity index (χ4v) is 4.24. The van der Waals surface area contributed by atoms with Crippen molar-refractivity contribution < 1.29 is 13.6 Å². The molecule has 0 unspecified atom stereocenters. The van der Waals surface area contributed by atoms with Crippen molar-refractivity contribution in [3.63, 3.8) is 0 Å². The summed E-state index contributed by atoms with van der Waals surface area (Å²) < 4.78 is 25.3. The van der Waals surface area contributed by atoms with E-state index in [9.17, 15) is 9.11 Å². The minimum atomic E-state index is -2.84. The van der Waals surface area contributed by atoms with E-state index in [0.29, 0.717) is 11.8 Å². The van der Waals surface area contributed by atoms with E-state index in [2.05, 4.69) is 10.1 Å². The van der Waals surface area contributed by atoms with Crippen LogP contribution in [0.15, 0.2) is 4.52 Å². The van der Waals surface area contributed by atoms with Crippen LogP contribution >= 0.6 is 10.6 Å². The van der Waals surface area contributed by atoms with E-state index < -0.39 is 15.3 Å². The lowest BCUT2D eigenvalue weighted by Gasteiger charge is -2.47. The third-order valence-corrected chi connectivity index (χ3v) is 7.33. The molecule has 0 saturated heterocycles. The van der Waals surface area contributed by atoms with Gasteiger partial charge in [-0.25, -0.2) is 0 Å². The Morgan fingerprint density at radius 1 is 1.20 bits per heavy atom. The van der Waals surface area contributed by atoms with E-state index in [-0.39, 0.29) is 5.25 Å². The Morgan fingerprint density at radius 2 is 1.80 bits per heavy atom. The number of nitrogens with zero attached hydrogens (tertiary/aromatic N) is 2. The Labute approximate surface area is 122 Å². The minimum Gasteiger partial charge on any atom is -0.337 e. The van der Waals surface area contributed by atoms with Crippen molar-refractivity contribution in [2.75, 3.05) is 0 Å². The number of hydrogen-bond donors (Lipinski definition) is 2. The molecule has 1 aromatic heterocycles. The van der Waals surface area contributed by atoms with Crippen molar-refractivity contribution in [2.45, 2.75) is 75.7 Å². The Hall–Kier alpha value is -0.590. The zero-order valence-corrected chi connectivity index (χ0v) is 13.6. The molecule has 20 heavy (non-hydrogen) atoms. The van der Waals surface area contributed by atoms with Crippen LogP contribution in [0.5, 0.6) is 0 Å². The molecule has 0 aromatic carbocycles. The average molecular weight is 302 g/mol. The second-order valence-electron chi connectivity index (χ2n) is 6.44. The molecule has 1 aromatic rings. The Bertz CT molecular complexity index is 451. The lowest BCUT2D eigenvalue weighted by atomic mass is 9.89. The van der Waals surface area contributed by atoms with Gasteiger partial charge in [0.05, 0.1) is 0 Å². The van der Waals surface area contributed by atoms with Crippen molar-refractivity contribution in [3.05, 3.63) is 11.7 Å². The Kier molecular flexibility index (Phi) is 4.47. The first-order valence-electron chi connectivity index (χ1n) is 7.37. The van der Waals surface area contributed by atoms with E-state index in [1.165, 1.54) is 19.3 Å². The molecule has 1 fully saturated rings. The quantitative estimate of drug-likeness (QED) is 0.855. The summed E-state index contributed by atoms with van der Waals surface area (Å²) in [5.74, 6) is 1.43. The van der Waals surface area contributed by atoms with Crippen LogP contribution in [0, 0.1) is 0 Å². The van der Waals surface area contributed by atoms with Gasteiger partial charge in [-0.3, -0.25) is 9.11 Å². The maximum absolute atomic E-state index is 10.4. The highest BCUT2D eigenvalue weighted by atomic mass is 32.3. The molecule has 1 saturated carbocycles. The van der Waals surface area contributed by atoms with Gasteiger partial charge in [-0.2, -0.15) is 15.6 Å². The normalized spacial score (nSPS) is 19.6. The van der Waals surface area contributed by atoms with Gasteiger partial charge in [0.1, 0.15) is 4.75 Å². The van der Waals surface area contributed by atoms with Crippen LogP contribution in [0.3, 0.4) is 0 Å². The molecule has 5 nitrogen and oxygen atoms in total. The van der Waals surface area contributed by atoms with Crippen molar-refractivity contribution >= 4 is 10.6 Å². The summed E-state index contributed by atoms with van der Waals surface area (Å²) in [6.07, 6.45) is 5.89. The van der Waals surface area contributed by atoms with Gasteiger partial charge in [0.25, 0.3) is 5.89 Å². The Balaban J connectivity index is 2.23. The molecule has 116 valence electrons. The standard InChI is InChI=1S/C14H26N2O3S/c1-10(2)20(17,18)14(3,4)13-15-12(16-19-13)11-8-6-5-7-9-11/h10-11,17-18H,5-9H2,1-4H3. The lowest BCUT2D eigenvalue weighted by Crippen LogP contribution is -2.31. The fourth-order valence-electron chi connectivity index (χ4n) is 2.72. The van der Waals surface area contributed by atoms with Gasteiger partial charge in [-0.15, -0.1) is 0 Å². The van der Waals surface area contributed by atoms with E-state index in [4.69, 9.17) is 4.52 Å². The van der Waals surface area contributed by atoms with Gasteiger partial charge < -0.3 is 4.52 Å². The first kappa shape index (κ1) is 15.8. The zero-order valence-electron chi connectivity index (χ0n) is 12.8. The van der Waals surface area contributed by atoms with Crippen LogP contribution in [0.1, 0.15) is 77.4 Å². The second kappa shape index (κ2) is 5.66. The van der Waals surface area contributed by atoms with E-state index in [1.807, 2.05) is 0 Å². The average Bonchev–Trinajstić information content (AvgIpc) is 2.89. The third kappa shape index (κ3) is 2.73. The maximum Gasteiger partial charge on any atom is 0.251 e. The molecule has 0 aliphatic heterocycles. The summed E-state index contributed by atoms with van der Waals surface area (Å²) in [4.78, 5) is 4.48. The number of hydrogen-bond acceptors (Lipinski definition) is 5. The minimum absolute atomic E-state index is 0.248. The van der Waals surface area contributed by atoms with Crippen molar-refractivity contribution in [1.82, 2.24) is 10.1 Å². The number of rotatable bonds is 4. The summed E-state index contributed by atoms with van der Waals surface area (Å²) in [6, 6.07) is 0. The van der Waals surface area contributed by atoms with Crippen molar-refractivity contribution in [3.8, 4) is 0 Å². The highest BCUT2D eigenvalue weighted by Gasteiger charge is 2.43. The molecule has 0 bridgehead atoms. The van der Waals surface area contributed by atoms with E-state index in [0.717, 1.165) is 18.7 Å². The van der Waals surface area contributed by atoms with Gasteiger partial charge in [-0.05, 0) is 40.5 Å². The molecule has 0 atom stereocenters. The van der Waals surface area contributed by atoms with Crippen molar-refractivity contribution in [2.24, 2.45) is 0 Å². The highest BCUT2D eigenvalue weighted by Crippen LogP contribution is 2.60. The monoisotopic (exact) mass is 302 g/mol. The van der Waals surface area contributed by atoms with Crippen molar-refractivity contribution in [1.29, 1.82) is 0 Å². The van der Waals surface area contributed by atoms with Gasteiger partial charge in [0, 0.05) is 11.2 Å². The summed E-state index contributed by atoms with van der Waals surface area (Å²) in [5.41, 5.74) is 0. The van der Waals surface area contributed by atoms with Gasteiger partial charge in [-0.1, -0.05) is 24.4 Å². The smallest absolute Gasteiger partial charge is 0.251 e. The molecule has 2 rings (SSSR count). The second-order valence-corrected chi connectivity index (χ2v) is 9.59. The molecule has 0 spiro atoms. The summed E-state index contributed by atoms with van der Waals surface area (Å²) >= 11 is 0. The summed E-state index contributed by atoms with van der Waals surface area (Å²) in [5, 5.41) is 3.84. The van der Waals surface area contributed by atoms with Crippen LogP contribution in [0.2, 0.25) is 0 Å². The molecule has 1 heterocycles. The molecule has 2 N–H and O–H groups in total. The van der Waals surface area contributed by atoms with Gasteiger partial charge in [0.15, 0.2) is 5.82 Å². The zero-order chi connectivity index (χ0) is 15.0. The summed E-state index contributed by atoms with van der Waals surface area (Å²) in [6.45, 7) is 7.13. The third-order valence-electron chi connectivity index (χ3n) is 4.34. The Morgan fingerprint density at radius 3 is 2.35 bits per heavy atom. The molecule has 0 amide bonds. The SMILES string of the molecule is CC(C)S(O)(O)C(C)(C)c1nc(C2CCCCC2)no1. The largest absolute Gasteiger partial charge is 0.337 e. The van der Waals surface area contributed by atoms with Gasteiger partial charge in [0.2, 0.25) is 0 Å². The predicted molar refractivity (Wildman–Crippen MR) is 81.1 cm³/mol. The first-order chi connectivity index (χ1) is 9.26. The van der Waals surface area contributed by atoms with Crippen LogP contribution < -0.4 is 0 Å². The predicted octanol–water partition coefficient (Wildman–Crippen LogP) is 4.51. The molecule has 6 heteroatoms. The van der Waals surface area contributed by atoms with E-state index >= 15 is 0 Å². The van der Waals surface area contributed by atoms with Crippen LogP contribution in [0.4, 0.5) is 0 Å². The summed E-state index contributed by atoms with van der Waals surface area (Å²) in [7, 11) is -2.84. The van der Waals surface area contributed by atoms with Crippen LogP contribution in [-0.2, 0) is 4.75 Å². The molecule has 1 aliphatic carbocycles. The van der Waals surface area contributed by atoms with E-state index in [1.54, 1.807) is 27.7 Å². The number of aromatic nitrogens is 2. The maximum atomic E-state index is 10.4. The fraction of sp³-hybridized carbons (Fsp3) is 0.857. The molecule has 1 aliphatic rings.